The van der Waals surface area contributed by atoms with Crippen LogP contribution in [0.5, 0.6) is 5.75 Å². The number of benzene rings is 1. The Morgan fingerprint density at radius 3 is 2.41 bits per heavy atom. The van der Waals surface area contributed by atoms with Gasteiger partial charge in [0.15, 0.2) is 17.1 Å². The van der Waals surface area contributed by atoms with Crippen LogP contribution in [0.4, 0.5) is 5.69 Å². The van der Waals surface area contributed by atoms with E-state index in [1.807, 2.05) is 0 Å². The van der Waals surface area contributed by atoms with E-state index >= 15 is 0 Å². The van der Waals surface area contributed by atoms with Gasteiger partial charge in [-0.25, -0.2) is 0 Å². The van der Waals surface area contributed by atoms with E-state index in [0.717, 1.165) is 0 Å². The van der Waals surface area contributed by atoms with Gasteiger partial charge in [-0.05, 0) is 44.5 Å². The number of hydrogen-bond donors (Lipinski definition) is 7. The number of nitrogens with one attached hydrogen (secondary N) is 1. The number of aliphatic hydroxyl groups excluding tert-OH is 2. The molecule has 0 spiro atoms. The highest BCUT2D eigenvalue weighted by Gasteiger charge is 2.63. The number of fused-ring (bicyclic) bond motifs is 3. The smallest absolute Gasteiger partial charge is 0.255 e. The van der Waals surface area contributed by atoms with Crippen LogP contribution in [0.25, 0.3) is 0 Å². The molecule has 34 heavy (non-hydrogen) atoms. The summed E-state index contributed by atoms with van der Waals surface area (Å²) in [5.74, 6) is -1.83. The van der Waals surface area contributed by atoms with E-state index in [1.54, 1.807) is 14.1 Å². The number of rotatable bonds is 3. The van der Waals surface area contributed by atoms with E-state index < -0.39 is 63.8 Å². The number of ketones is 2. The molecule has 0 bridgehead atoms. The average molecular weight is 515 g/mol. The Hall–Kier alpha value is -2.83. The molecular weight excluding hydrogens is 491 g/mol. The average Bonchev–Trinajstić information content (AvgIpc) is 2.70. The van der Waals surface area contributed by atoms with Gasteiger partial charge in [0.05, 0.1) is 16.6 Å². The van der Waals surface area contributed by atoms with Crippen LogP contribution in [-0.4, -0.2) is 68.5 Å². The van der Waals surface area contributed by atoms with Gasteiger partial charge in [-0.15, -0.1) is 12.4 Å². The molecule has 3 aliphatic carbocycles. The maximum atomic E-state index is 13.4. The van der Waals surface area contributed by atoms with Crippen molar-refractivity contribution in [3.63, 3.8) is 0 Å². The highest BCUT2D eigenvalue weighted by atomic mass is 35.5. The van der Waals surface area contributed by atoms with Gasteiger partial charge in [-0.2, -0.15) is 0 Å². The molecule has 4 rings (SSSR count). The Kier molecular flexibility index (Phi) is 6.40. The Morgan fingerprint density at radius 2 is 1.88 bits per heavy atom. The molecule has 3 aliphatic rings. The number of hydrogen-bond acceptors (Lipinski definition) is 10. The monoisotopic (exact) mass is 514 g/mol. The van der Waals surface area contributed by atoms with Crippen molar-refractivity contribution < 1.29 is 34.8 Å². The van der Waals surface area contributed by atoms with Gasteiger partial charge < -0.3 is 31.6 Å². The Bertz CT molecular complexity index is 1200. The van der Waals surface area contributed by atoms with Gasteiger partial charge >= 0.3 is 0 Å². The summed E-state index contributed by atoms with van der Waals surface area (Å²) in [4.78, 5) is 40.0. The number of carbonyl (C=O) groups excluding carboxylic acids is 3. The molecule has 0 heterocycles. The zero-order valence-electron chi connectivity index (χ0n) is 18.1. The van der Waals surface area contributed by atoms with Gasteiger partial charge in [0.25, 0.3) is 5.91 Å². The number of phenolic OH excluding ortho intramolecular Hbond substituents is 1. The molecule has 1 amide bonds. The molecule has 4 atom stereocenters. The molecule has 0 saturated heterocycles. The number of likely N-dealkylation sites (N-methyl/N-ethyl adjacent to an activating group) is 1. The lowest BCUT2D eigenvalue weighted by molar-refractivity contribution is -0.148. The van der Waals surface area contributed by atoms with Gasteiger partial charge in [-0.1, -0.05) is 11.6 Å². The number of amides is 1. The fraction of sp³-hybridized carbons (Fsp3) is 0.381. The van der Waals surface area contributed by atoms with Crippen LogP contribution in [0.2, 0.25) is 5.02 Å². The predicted molar refractivity (Wildman–Crippen MR) is 124 cm³/mol. The summed E-state index contributed by atoms with van der Waals surface area (Å²) in [6, 6.07) is 0.423. The maximum Gasteiger partial charge on any atom is 0.255 e. The van der Waals surface area contributed by atoms with Crippen molar-refractivity contribution in [2.45, 2.75) is 24.5 Å². The molecular formula is C21H24Cl2N4O7. The van der Waals surface area contributed by atoms with Crippen molar-refractivity contribution in [3.8, 4) is 5.75 Å². The molecule has 13 heteroatoms. The highest BCUT2D eigenvalue weighted by Crippen LogP contribution is 2.53. The van der Waals surface area contributed by atoms with E-state index in [4.69, 9.17) is 23.2 Å². The summed E-state index contributed by atoms with van der Waals surface area (Å²) < 4.78 is 0. The van der Waals surface area contributed by atoms with Gasteiger partial charge in [0.1, 0.15) is 22.8 Å². The standard InChI is InChI=1S/C21H23ClN4O7.ClH/c1-26(2)14-8-4-6-3-7-5-9(22)13(25-24)16(28)10(7)15(27)11(6)18(30)21(8,33)19(31)12(17(14)29)20(23)32;/h5-6,8,14,25,28-30,33H,3-4,24H2,1-2H3,(H2,23,32);1H. The summed E-state index contributed by atoms with van der Waals surface area (Å²) >= 11 is 6.15. The lowest BCUT2D eigenvalue weighted by Gasteiger charge is -2.50. The van der Waals surface area contributed by atoms with Crippen LogP contribution in [0.1, 0.15) is 22.3 Å². The summed E-state index contributed by atoms with van der Waals surface area (Å²) in [7, 11) is 3.12. The molecule has 0 aromatic heterocycles. The molecule has 184 valence electrons. The van der Waals surface area contributed by atoms with Crippen molar-refractivity contribution in [1.82, 2.24) is 4.90 Å². The Balaban J connectivity index is 0.00000324. The van der Waals surface area contributed by atoms with Gasteiger partial charge in [-0.3, -0.25) is 25.1 Å². The molecule has 0 radical (unpaired) electrons. The minimum absolute atomic E-state index is 0. The first-order valence-corrected chi connectivity index (χ1v) is 10.4. The molecule has 1 aromatic carbocycles. The summed E-state index contributed by atoms with van der Waals surface area (Å²) in [5, 5.41) is 44.0. The number of aromatic hydroxyl groups is 1. The number of allylic oxidation sites excluding steroid dienone is 1. The second kappa shape index (κ2) is 8.43. The number of nitrogens with two attached hydrogens (primary N) is 2. The minimum Gasteiger partial charge on any atom is -0.510 e. The lowest BCUT2D eigenvalue weighted by Crippen LogP contribution is -2.63. The molecule has 4 unspecified atom stereocenters. The number of nitrogen functional groups attached to an aromatic ring is 1. The number of aliphatic hydroxyl groups is 3. The number of phenols is 1. The molecule has 11 nitrogen and oxygen atoms in total. The van der Waals surface area contributed by atoms with Crippen molar-refractivity contribution in [1.29, 1.82) is 0 Å². The third kappa shape index (κ3) is 3.19. The van der Waals surface area contributed by atoms with Crippen LogP contribution in [0.15, 0.2) is 28.7 Å². The second-order valence-electron chi connectivity index (χ2n) is 8.72. The van der Waals surface area contributed by atoms with Crippen LogP contribution < -0.4 is 17.0 Å². The zero-order chi connectivity index (χ0) is 24.6. The fourth-order valence-corrected chi connectivity index (χ4v) is 5.68. The first kappa shape index (κ1) is 25.8. The van der Waals surface area contributed by atoms with Crippen molar-refractivity contribution in [3.05, 3.63) is 44.9 Å². The second-order valence-corrected chi connectivity index (χ2v) is 9.13. The summed E-state index contributed by atoms with van der Waals surface area (Å²) in [6.45, 7) is 0. The number of hydrazine groups is 1. The predicted octanol–water partition coefficient (Wildman–Crippen LogP) is 0.481. The first-order chi connectivity index (χ1) is 15.4. The summed E-state index contributed by atoms with van der Waals surface area (Å²) in [6.07, 6.45) is 0.147. The van der Waals surface area contributed by atoms with Crippen LogP contribution in [-0.2, 0) is 16.0 Å². The Labute approximate surface area is 205 Å². The van der Waals surface area contributed by atoms with E-state index in [0.29, 0.717) is 5.56 Å². The largest absolute Gasteiger partial charge is 0.510 e. The molecule has 0 fully saturated rings. The molecule has 9 N–H and O–H groups in total. The van der Waals surface area contributed by atoms with E-state index in [1.165, 1.54) is 11.0 Å². The quantitative estimate of drug-likeness (QED) is 0.129. The van der Waals surface area contributed by atoms with Crippen molar-refractivity contribution in [2.75, 3.05) is 19.5 Å². The molecule has 0 saturated carbocycles. The Morgan fingerprint density at radius 1 is 1.26 bits per heavy atom. The number of primary amides is 1. The van der Waals surface area contributed by atoms with Gasteiger partial charge in [0, 0.05) is 11.5 Å². The zero-order valence-corrected chi connectivity index (χ0v) is 19.7. The van der Waals surface area contributed by atoms with Crippen molar-refractivity contribution in [2.24, 2.45) is 23.4 Å². The normalized spacial score (nSPS) is 28.2. The topological polar surface area (TPSA) is 199 Å². The molecule has 1 aromatic rings. The van der Waals surface area contributed by atoms with E-state index in [-0.39, 0.29) is 47.1 Å². The lowest BCUT2D eigenvalue weighted by atomic mass is 9.58. The number of carbonyl (C=O) groups is 3. The van der Waals surface area contributed by atoms with E-state index in [9.17, 15) is 34.8 Å². The van der Waals surface area contributed by atoms with E-state index in [2.05, 4.69) is 5.43 Å². The minimum atomic E-state index is -2.68. The van der Waals surface area contributed by atoms with Crippen molar-refractivity contribution >= 4 is 47.2 Å². The third-order valence-corrected chi connectivity index (χ3v) is 7.11. The number of nitrogens with zero attached hydrogens (tertiary/aromatic N) is 1. The highest BCUT2D eigenvalue weighted by molar-refractivity contribution is 6.34. The SMILES string of the molecule is CN(C)C1C(O)=C(C(N)=O)C(=O)C2(O)C(O)=C3C(=O)c4c(cc(Cl)c(NN)c4O)CC3CC12.Cl. The third-order valence-electron chi connectivity index (χ3n) is 6.81. The van der Waals surface area contributed by atoms with Crippen LogP contribution >= 0.6 is 24.0 Å². The molecule has 0 aliphatic heterocycles. The number of Topliss-reactive ketones (excluding diaryl/α,β-unsaturated/α-hetero) is 2. The maximum absolute atomic E-state index is 13.4. The van der Waals surface area contributed by atoms with Crippen LogP contribution in [0.3, 0.4) is 0 Å². The first-order valence-electron chi connectivity index (χ1n) is 10.0. The fourth-order valence-electron chi connectivity index (χ4n) is 5.41. The number of anilines is 1. The number of halogens is 2. The summed E-state index contributed by atoms with van der Waals surface area (Å²) in [5.41, 5.74) is 3.84. The van der Waals surface area contributed by atoms with Gasteiger partial charge in [0.2, 0.25) is 5.78 Å². The van der Waals surface area contributed by atoms with Crippen LogP contribution in [0, 0.1) is 11.8 Å².